The van der Waals surface area contributed by atoms with Gasteiger partial charge in [-0.3, -0.25) is 9.59 Å². The van der Waals surface area contributed by atoms with Crippen LogP contribution in [0.25, 0.3) is 0 Å². The quantitative estimate of drug-likeness (QED) is 0.753. The summed E-state index contributed by atoms with van der Waals surface area (Å²) in [7, 11) is 0. The van der Waals surface area contributed by atoms with Gasteiger partial charge in [0.05, 0.1) is 11.7 Å². The zero-order valence-corrected chi connectivity index (χ0v) is 12.9. The standard InChI is InChI=1S/C17H20N2O3/c1-4-13-9(2)19-17(22)15(18)14(13)16(21)12-7-5-6-11(8-12)10(3)20/h5-8,10,20H,4,18H2,1-3H3,(H,19,22). The number of H-pyrrole nitrogens is 1. The summed E-state index contributed by atoms with van der Waals surface area (Å²) in [5.41, 5.74) is 8.03. The number of nitrogens with one attached hydrogen (secondary N) is 1. The van der Waals surface area contributed by atoms with E-state index in [1.54, 1.807) is 38.1 Å². The van der Waals surface area contributed by atoms with E-state index in [-0.39, 0.29) is 17.0 Å². The molecule has 0 bridgehead atoms. The van der Waals surface area contributed by atoms with E-state index in [2.05, 4.69) is 4.98 Å². The van der Waals surface area contributed by atoms with Crippen LogP contribution in [0.3, 0.4) is 0 Å². The average molecular weight is 300 g/mol. The van der Waals surface area contributed by atoms with Gasteiger partial charge in [0.15, 0.2) is 5.78 Å². The minimum atomic E-state index is -0.670. The Hall–Kier alpha value is -2.40. The second-order valence-corrected chi connectivity index (χ2v) is 5.33. The Morgan fingerprint density at radius 1 is 1.41 bits per heavy atom. The second kappa shape index (κ2) is 6.15. The summed E-state index contributed by atoms with van der Waals surface area (Å²) in [6.45, 7) is 5.29. The molecule has 0 radical (unpaired) electrons. The van der Waals surface area contributed by atoms with Crippen LogP contribution in [-0.4, -0.2) is 15.9 Å². The summed E-state index contributed by atoms with van der Waals surface area (Å²) in [6, 6.07) is 6.73. The van der Waals surface area contributed by atoms with Crippen LogP contribution in [0.4, 0.5) is 5.69 Å². The first-order chi connectivity index (χ1) is 10.4. The van der Waals surface area contributed by atoms with Gasteiger partial charge in [-0.05, 0) is 37.5 Å². The lowest BCUT2D eigenvalue weighted by Gasteiger charge is -2.13. The molecule has 2 rings (SSSR count). The Morgan fingerprint density at radius 3 is 2.68 bits per heavy atom. The molecule has 116 valence electrons. The maximum absolute atomic E-state index is 12.8. The van der Waals surface area contributed by atoms with Gasteiger partial charge in [-0.2, -0.15) is 0 Å². The third-order valence-electron chi connectivity index (χ3n) is 3.78. The fourth-order valence-electron chi connectivity index (χ4n) is 2.56. The Labute approximate surface area is 128 Å². The molecule has 5 heteroatoms. The number of rotatable bonds is 4. The van der Waals surface area contributed by atoms with Crippen molar-refractivity contribution in [2.45, 2.75) is 33.3 Å². The summed E-state index contributed by atoms with van der Waals surface area (Å²) in [4.78, 5) is 27.3. The second-order valence-electron chi connectivity index (χ2n) is 5.33. The Bertz CT molecular complexity index is 776. The molecule has 2 aromatic rings. The molecular weight excluding hydrogens is 280 g/mol. The fourth-order valence-corrected chi connectivity index (χ4v) is 2.56. The van der Waals surface area contributed by atoms with E-state index in [4.69, 9.17) is 5.73 Å². The largest absolute Gasteiger partial charge is 0.394 e. The molecule has 1 heterocycles. The number of aromatic nitrogens is 1. The van der Waals surface area contributed by atoms with Crippen LogP contribution in [0.2, 0.25) is 0 Å². The van der Waals surface area contributed by atoms with Crippen molar-refractivity contribution in [2.75, 3.05) is 5.73 Å². The molecule has 0 saturated heterocycles. The smallest absolute Gasteiger partial charge is 0.272 e. The lowest BCUT2D eigenvalue weighted by molar-refractivity contribution is 0.103. The maximum atomic E-state index is 12.8. The van der Waals surface area contributed by atoms with Crippen molar-refractivity contribution in [1.82, 2.24) is 4.98 Å². The predicted molar refractivity (Wildman–Crippen MR) is 86.1 cm³/mol. The topological polar surface area (TPSA) is 96.2 Å². The van der Waals surface area contributed by atoms with Crippen molar-refractivity contribution in [3.05, 3.63) is 62.6 Å². The Balaban J connectivity index is 2.64. The number of anilines is 1. The van der Waals surface area contributed by atoms with Gasteiger partial charge < -0.3 is 15.8 Å². The molecule has 0 aliphatic rings. The third kappa shape index (κ3) is 2.80. The van der Waals surface area contributed by atoms with Gasteiger partial charge in [-0.15, -0.1) is 0 Å². The number of pyridine rings is 1. The summed E-state index contributed by atoms with van der Waals surface area (Å²) in [5.74, 6) is -0.300. The number of aliphatic hydroxyl groups is 1. The van der Waals surface area contributed by atoms with Gasteiger partial charge in [0.25, 0.3) is 5.56 Å². The summed E-state index contributed by atoms with van der Waals surface area (Å²) < 4.78 is 0. The number of aromatic amines is 1. The molecule has 0 amide bonds. The molecule has 0 aliphatic heterocycles. The highest BCUT2D eigenvalue weighted by Gasteiger charge is 2.21. The molecule has 1 unspecified atom stereocenters. The highest BCUT2D eigenvalue weighted by Crippen LogP contribution is 2.22. The molecule has 0 fully saturated rings. The van der Waals surface area contributed by atoms with Crippen LogP contribution in [0, 0.1) is 6.92 Å². The number of hydrogen-bond donors (Lipinski definition) is 3. The molecule has 1 atom stereocenters. The highest BCUT2D eigenvalue weighted by atomic mass is 16.3. The van der Waals surface area contributed by atoms with E-state index < -0.39 is 11.7 Å². The lowest BCUT2D eigenvalue weighted by Crippen LogP contribution is -2.22. The normalized spacial score (nSPS) is 12.2. The number of carbonyl (C=O) groups excluding carboxylic acids is 1. The van der Waals surface area contributed by atoms with Crippen LogP contribution in [0.1, 0.15) is 52.7 Å². The van der Waals surface area contributed by atoms with Crippen molar-refractivity contribution in [3.63, 3.8) is 0 Å². The van der Waals surface area contributed by atoms with Crippen molar-refractivity contribution in [2.24, 2.45) is 0 Å². The number of ketones is 1. The number of aliphatic hydroxyl groups excluding tert-OH is 1. The maximum Gasteiger partial charge on any atom is 0.272 e. The van der Waals surface area contributed by atoms with Crippen molar-refractivity contribution in [1.29, 1.82) is 0 Å². The number of nitrogens with two attached hydrogens (primary N) is 1. The highest BCUT2D eigenvalue weighted by molar-refractivity contribution is 6.13. The van der Waals surface area contributed by atoms with Crippen LogP contribution >= 0.6 is 0 Å². The number of aryl methyl sites for hydroxylation is 1. The van der Waals surface area contributed by atoms with Gasteiger partial charge >= 0.3 is 0 Å². The van der Waals surface area contributed by atoms with Crippen LogP contribution in [-0.2, 0) is 6.42 Å². The van der Waals surface area contributed by atoms with E-state index in [9.17, 15) is 14.7 Å². The average Bonchev–Trinajstić information content (AvgIpc) is 2.50. The van der Waals surface area contributed by atoms with Gasteiger partial charge in [-0.1, -0.05) is 25.1 Å². The SMILES string of the molecule is CCc1c(C)[nH]c(=O)c(N)c1C(=O)c1cccc(C(C)O)c1. The Morgan fingerprint density at radius 2 is 2.09 bits per heavy atom. The first-order valence-electron chi connectivity index (χ1n) is 7.20. The zero-order valence-electron chi connectivity index (χ0n) is 12.9. The van der Waals surface area contributed by atoms with Crippen LogP contribution in [0.15, 0.2) is 29.1 Å². The zero-order chi connectivity index (χ0) is 16.4. The molecule has 0 saturated carbocycles. The number of benzene rings is 1. The lowest BCUT2D eigenvalue weighted by atomic mass is 9.94. The predicted octanol–water partition coefficient (Wildman–Crippen LogP) is 2.11. The van der Waals surface area contributed by atoms with E-state index in [0.717, 1.165) is 5.56 Å². The van der Waals surface area contributed by atoms with Gasteiger partial charge in [-0.25, -0.2) is 0 Å². The molecule has 5 nitrogen and oxygen atoms in total. The van der Waals surface area contributed by atoms with Crippen molar-refractivity contribution in [3.8, 4) is 0 Å². The fraction of sp³-hybridized carbons (Fsp3) is 0.294. The molecule has 1 aromatic carbocycles. The van der Waals surface area contributed by atoms with E-state index in [1.807, 2.05) is 6.92 Å². The molecule has 1 aromatic heterocycles. The minimum Gasteiger partial charge on any atom is -0.394 e. The van der Waals surface area contributed by atoms with Gasteiger partial charge in [0, 0.05) is 11.3 Å². The van der Waals surface area contributed by atoms with E-state index in [1.165, 1.54) is 0 Å². The first kappa shape index (κ1) is 16.0. The minimum absolute atomic E-state index is 0.0603. The summed E-state index contributed by atoms with van der Waals surface area (Å²) in [6.07, 6.45) is -0.0825. The molecule has 22 heavy (non-hydrogen) atoms. The van der Waals surface area contributed by atoms with E-state index in [0.29, 0.717) is 23.2 Å². The van der Waals surface area contributed by atoms with Crippen LogP contribution in [0.5, 0.6) is 0 Å². The molecule has 0 aliphatic carbocycles. The number of hydrogen-bond acceptors (Lipinski definition) is 4. The molecular formula is C17H20N2O3. The van der Waals surface area contributed by atoms with Gasteiger partial charge in [0.1, 0.15) is 5.69 Å². The number of carbonyl (C=O) groups is 1. The third-order valence-corrected chi connectivity index (χ3v) is 3.78. The molecule has 0 spiro atoms. The van der Waals surface area contributed by atoms with Crippen LogP contribution < -0.4 is 11.3 Å². The van der Waals surface area contributed by atoms with E-state index >= 15 is 0 Å². The molecule has 4 N–H and O–H groups in total. The van der Waals surface area contributed by atoms with Crippen molar-refractivity contribution < 1.29 is 9.90 Å². The Kier molecular flexibility index (Phi) is 4.47. The summed E-state index contributed by atoms with van der Waals surface area (Å²) in [5, 5.41) is 9.65. The summed E-state index contributed by atoms with van der Waals surface area (Å²) >= 11 is 0. The van der Waals surface area contributed by atoms with Crippen molar-refractivity contribution >= 4 is 11.5 Å². The number of nitrogen functional groups attached to an aromatic ring is 1. The monoisotopic (exact) mass is 300 g/mol. The van der Waals surface area contributed by atoms with Gasteiger partial charge in [0.2, 0.25) is 0 Å². The first-order valence-corrected chi connectivity index (χ1v) is 7.20.